The minimum atomic E-state index is -2.94. The van der Waals surface area contributed by atoms with Gasteiger partial charge < -0.3 is 10.3 Å². The van der Waals surface area contributed by atoms with Crippen LogP contribution >= 0.6 is 0 Å². The van der Waals surface area contributed by atoms with Crippen LogP contribution in [0.3, 0.4) is 0 Å². The maximum absolute atomic E-state index is 11.7. The molecule has 8 heteroatoms. The molecule has 1 saturated heterocycles. The zero-order chi connectivity index (χ0) is 15.2. The van der Waals surface area contributed by atoms with E-state index in [-0.39, 0.29) is 17.5 Å². The van der Waals surface area contributed by atoms with E-state index in [4.69, 9.17) is 5.84 Å². The van der Waals surface area contributed by atoms with Crippen molar-refractivity contribution in [3.8, 4) is 0 Å². The average molecular weight is 311 g/mol. The van der Waals surface area contributed by atoms with Crippen molar-refractivity contribution in [3.63, 3.8) is 0 Å². The standard InChI is InChI=1S/C13H21N5O2S/c1-8-7-21(19,20)6-5-18(8)13-9(2)11(17-14)15-12(16-13)10-3-4-10/h8,10H,3-7,14H2,1-2H3,(H,15,16,17). The minimum absolute atomic E-state index is 0.0879. The second kappa shape index (κ2) is 5.10. The van der Waals surface area contributed by atoms with Gasteiger partial charge in [0.15, 0.2) is 9.84 Å². The third-order valence-corrected chi connectivity index (χ3v) is 5.95. The second-order valence-corrected chi connectivity index (χ2v) is 8.18. The van der Waals surface area contributed by atoms with Crippen molar-refractivity contribution in [2.75, 3.05) is 28.4 Å². The lowest BCUT2D eigenvalue weighted by Crippen LogP contribution is -2.47. The van der Waals surface area contributed by atoms with Crippen LogP contribution in [0.1, 0.15) is 37.1 Å². The first-order valence-electron chi connectivity index (χ1n) is 7.23. The summed E-state index contributed by atoms with van der Waals surface area (Å²) >= 11 is 0. The first-order chi connectivity index (χ1) is 9.91. The molecule has 3 N–H and O–H groups in total. The average Bonchev–Trinajstić information content (AvgIpc) is 3.23. The highest BCUT2D eigenvalue weighted by molar-refractivity contribution is 7.91. The molecule has 0 radical (unpaired) electrons. The Labute approximate surface area is 124 Å². The number of nitrogen functional groups attached to an aromatic ring is 1. The summed E-state index contributed by atoms with van der Waals surface area (Å²) in [5.41, 5.74) is 3.50. The fraction of sp³-hybridized carbons (Fsp3) is 0.692. The van der Waals surface area contributed by atoms with Crippen LogP contribution in [0.4, 0.5) is 11.6 Å². The largest absolute Gasteiger partial charge is 0.351 e. The van der Waals surface area contributed by atoms with E-state index in [2.05, 4.69) is 20.3 Å². The highest BCUT2D eigenvalue weighted by Gasteiger charge is 2.33. The van der Waals surface area contributed by atoms with Crippen LogP contribution in [0.15, 0.2) is 0 Å². The number of nitrogens with one attached hydrogen (secondary N) is 1. The number of anilines is 2. The Morgan fingerprint density at radius 1 is 1.33 bits per heavy atom. The van der Waals surface area contributed by atoms with Gasteiger partial charge in [-0.05, 0) is 26.7 Å². The lowest BCUT2D eigenvalue weighted by Gasteiger charge is -2.35. The molecule has 1 aliphatic heterocycles. The molecule has 1 aromatic rings. The molecule has 2 heterocycles. The number of hydrogen-bond acceptors (Lipinski definition) is 7. The van der Waals surface area contributed by atoms with Crippen molar-refractivity contribution in [1.29, 1.82) is 0 Å². The first kappa shape index (κ1) is 14.5. The molecular weight excluding hydrogens is 290 g/mol. The van der Waals surface area contributed by atoms with E-state index in [1.165, 1.54) is 0 Å². The smallest absolute Gasteiger partial charge is 0.154 e. The van der Waals surface area contributed by atoms with Crippen molar-refractivity contribution < 1.29 is 8.42 Å². The Hall–Kier alpha value is -1.41. The maximum Gasteiger partial charge on any atom is 0.154 e. The van der Waals surface area contributed by atoms with Gasteiger partial charge in [0.1, 0.15) is 17.5 Å². The summed E-state index contributed by atoms with van der Waals surface area (Å²) in [6, 6.07) is -0.0879. The van der Waals surface area contributed by atoms with E-state index >= 15 is 0 Å². The van der Waals surface area contributed by atoms with Gasteiger partial charge in [-0.3, -0.25) is 0 Å². The van der Waals surface area contributed by atoms with Crippen LogP contribution in [0, 0.1) is 6.92 Å². The SMILES string of the molecule is Cc1c(NN)nc(C2CC2)nc1N1CCS(=O)(=O)CC1C. The molecule has 2 aliphatic rings. The summed E-state index contributed by atoms with van der Waals surface area (Å²) in [7, 11) is -2.94. The fourth-order valence-corrected chi connectivity index (χ4v) is 4.34. The van der Waals surface area contributed by atoms with Gasteiger partial charge in [0.25, 0.3) is 0 Å². The van der Waals surface area contributed by atoms with Gasteiger partial charge in [-0.1, -0.05) is 0 Å². The molecule has 0 spiro atoms. The Kier molecular flexibility index (Phi) is 3.53. The molecule has 7 nitrogen and oxygen atoms in total. The lowest BCUT2D eigenvalue weighted by atomic mass is 10.2. The lowest BCUT2D eigenvalue weighted by molar-refractivity contribution is 0.566. The zero-order valence-corrected chi connectivity index (χ0v) is 13.2. The number of sulfone groups is 1. The normalized spacial score (nSPS) is 24.9. The first-order valence-corrected chi connectivity index (χ1v) is 9.05. The number of hydrazine groups is 1. The van der Waals surface area contributed by atoms with Gasteiger partial charge in [0.05, 0.1) is 11.5 Å². The van der Waals surface area contributed by atoms with Gasteiger partial charge in [0.2, 0.25) is 0 Å². The van der Waals surface area contributed by atoms with E-state index in [1.807, 2.05) is 13.8 Å². The number of nitrogens with zero attached hydrogens (tertiary/aromatic N) is 3. The maximum atomic E-state index is 11.7. The summed E-state index contributed by atoms with van der Waals surface area (Å²) in [6.45, 7) is 4.30. The number of rotatable bonds is 3. The Morgan fingerprint density at radius 2 is 2.05 bits per heavy atom. The van der Waals surface area contributed by atoms with Crippen LogP contribution in [-0.2, 0) is 9.84 Å². The molecule has 1 aromatic heterocycles. The van der Waals surface area contributed by atoms with Crippen molar-refractivity contribution in [3.05, 3.63) is 11.4 Å². The number of nitrogens with two attached hydrogens (primary N) is 1. The molecule has 1 saturated carbocycles. The number of hydrogen-bond donors (Lipinski definition) is 2. The minimum Gasteiger partial charge on any atom is -0.351 e. The van der Waals surface area contributed by atoms with Crippen LogP contribution in [-0.4, -0.2) is 42.5 Å². The molecule has 0 amide bonds. The van der Waals surface area contributed by atoms with E-state index < -0.39 is 9.84 Å². The van der Waals surface area contributed by atoms with Gasteiger partial charge in [-0.15, -0.1) is 0 Å². The molecule has 0 aromatic carbocycles. The summed E-state index contributed by atoms with van der Waals surface area (Å²) < 4.78 is 23.5. The van der Waals surface area contributed by atoms with Gasteiger partial charge in [0, 0.05) is 24.1 Å². The van der Waals surface area contributed by atoms with Crippen LogP contribution in [0.25, 0.3) is 0 Å². The Morgan fingerprint density at radius 3 is 2.62 bits per heavy atom. The Bertz CT molecular complexity index is 657. The van der Waals surface area contributed by atoms with E-state index in [1.54, 1.807) is 0 Å². The predicted octanol–water partition coefficient (Wildman–Crippen LogP) is 0.571. The molecule has 1 aliphatic carbocycles. The van der Waals surface area contributed by atoms with Crippen molar-refractivity contribution in [2.24, 2.45) is 5.84 Å². The van der Waals surface area contributed by atoms with Gasteiger partial charge in [-0.2, -0.15) is 0 Å². The molecule has 21 heavy (non-hydrogen) atoms. The van der Waals surface area contributed by atoms with E-state index in [0.29, 0.717) is 18.3 Å². The zero-order valence-electron chi connectivity index (χ0n) is 12.3. The Balaban J connectivity index is 1.99. The highest BCUT2D eigenvalue weighted by Crippen LogP contribution is 2.40. The summed E-state index contributed by atoms with van der Waals surface area (Å²) in [5, 5.41) is 0. The van der Waals surface area contributed by atoms with Crippen molar-refractivity contribution >= 4 is 21.5 Å². The molecule has 1 unspecified atom stereocenters. The van der Waals surface area contributed by atoms with Gasteiger partial charge >= 0.3 is 0 Å². The topological polar surface area (TPSA) is 101 Å². The van der Waals surface area contributed by atoms with E-state index in [9.17, 15) is 8.42 Å². The van der Waals surface area contributed by atoms with Crippen LogP contribution in [0.2, 0.25) is 0 Å². The summed E-state index contributed by atoms with van der Waals surface area (Å²) in [5.74, 6) is 8.56. The third kappa shape index (κ3) is 2.82. The number of aromatic nitrogens is 2. The molecule has 3 rings (SSSR count). The second-order valence-electron chi connectivity index (χ2n) is 5.95. The fourth-order valence-electron chi connectivity index (χ4n) is 2.78. The van der Waals surface area contributed by atoms with E-state index in [0.717, 1.165) is 30.0 Å². The van der Waals surface area contributed by atoms with Crippen molar-refractivity contribution in [2.45, 2.75) is 38.6 Å². The van der Waals surface area contributed by atoms with Crippen LogP contribution in [0.5, 0.6) is 0 Å². The monoisotopic (exact) mass is 311 g/mol. The molecule has 1 atom stereocenters. The summed E-state index contributed by atoms with van der Waals surface area (Å²) in [4.78, 5) is 11.2. The van der Waals surface area contributed by atoms with Gasteiger partial charge in [-0.25, -0.2) is 24.2 Å². The van der Waals surface area contributed by atoms with Crippen LogP contribution < -0.4 is 16.2 Å². The quantitative estimate of drug-likeness (QED) is 0.621. The van der Waals surface area contributed by atoms with Crippen molar-refractivity contribution in [1.82, 2.24) is 9.97 Å². The summed E-state index contributed by atoms with van der Waals surface area (Å²) in [6.07, 6.45) is 2.22. The molecule has 2 fully saturated rings. The molecule has 0 bridgehead atoms. The molecule has 116 valence electrons. The molecular formula is C13H21N5O2S. The highest BCUT2D eigenvalue weighted by atomic mass is 32.2. The third-order valence-electron chi connectivity index (χ3n) is 4.16. The predicted molar refractivity (Wildman–Crippen MR) is 82.0 cm³/mol.